The number of aryl methyl sites for hydroxylation is 1. The lowest BCUT2D eigenvalue weighted by Crippen LogP contribution is -2.15. The van der Waals surface area contributed by atoms with Crippen LogP contribution < -0.4 is 5.32 Å². The molecule has 0 radical (unpaired) electrons. The molecule has 0 heterocycles. The predicted molar refractivity (Wildman–Crippen MR) is 65.4 cm³/mol. The third-order valence-electron chi connectivity index (χ3n) is 2.57. The van der Waals surface area contributed by atoms with Crippen LogP contribution in [0.3, 0.4) is 0 Å². The Morgan fingerprint density at radius 1 is 1.05 bits per heavy atom. The van der Waals surface area contributed by atoms with E-state index in [2.05, 4.69) is 5.32 Å². The molecular formula is C14H10F3NO. The predicted octanol–water partition coefficient (Wildman–Crippen LogP) is 3.66. The van der Waals surface area contributed by atoms with Gasteiger partial charge in [0.25, 0.3) is 5.91 Å². The van der Waals surface area contributed by atoms with Crippen molar-refractivity contribution in [1.82, 2.24) is 0 Å². The molecule has 1 N–H and O–H groups in total. The van der Waals surface area contributed by atoms with Gasteiger partial charge >= 0.3 is 0 Å². The van der Waals surface area contributed by atoms with Crippen molar-refractivity contribution in [2.24, 2.45) is 0 Å². The highest BCUT2D eigenvalue weighted by Crippen LogP contribution is 2.18. The van der Waals surface area contributed by atoms with Crippen LogP contribution >= 0.6 is 0 Å². The van der Waals surface area contributed by atoms with Gasteiger partial charge in [-0.1, -0.05) is 12.1 Å². The van der Waals surface area contributed by atoms with Crippen LogP contribution in [0.5, 0.6) is 0 Å². The van der Waals surface area contributed by atoms with Gasteiger partial charge in [0.2, 0.25) is 0 Å². The summed E-state index contributed by atoms with van der Waals surface area (Å²) in [6, 6.07) is 7.43. The van der Waals surface area contributed by atoms with E-state index in [4.69, 9.17) is 0 Å². The molecule has 0 fully saturated rings. The van der Waals surface area contributed by atoms with E-state index in [1.807, 2.05) is 0 Å². The van der Waals surface area contributed by atoms with E-state index in [1.165, 1.54) is 18.2 Å². The third kappa shape index (κ3) is 2.76. The first kappa shape index (κ1) is 13.1. The van der Waals surface area contributed by atoms with Crippen molar-refractivity contribution in [3.63, 3.8) is 0 Å². The number of nitrogens with one attached hydrogen (secondary N) is 1. The quantitative estimate of drug-likeness (QED) is 0.882. The molecule has 0 unspecified atom stereocenters. The number of hydrogen-bond acceptors (Lipinski definition) is 1. The molecule has 0 bridgehead atoms. The van der Waals surface area contributed by atoms with E-state index in [1.54, 1.807) is 13.0 Å². The van der Waals surface area contributed by atoms with Crippen LogP contribution in [-0.4, -0.2) is 5.91 Å². The number of amides is 1. The average molecular weight is 265 g/mol. The molecule has 2 aromatic carbocycles. The van der Waals surface area contributed by atoms with Crippen molar-refractivity contribution in [1.29, 1.82) is 0 Å². The Morgan fingerprint density at radius 3 is 2.47 bits per heavy atom. The first-order chi connectivity index (χ1) is 8.99. The number of halogens is 3. The van der Waals surface area contributed by atoms with Crippen molar-refractivity contribution in [2.75, 3.05) is 5.32 Å². The first-order valence-electron chi connectivity index (χ1n) is 5.50. The van der Waals surface area contributed by atoms with Gasteiger partial charge in [0.15, 0.2) is 11.6 Å². The number of carbonyl (C=O) groups is 1. The van der Waals surface area contributed by atoms with Gasteiger partial charge in [-0.05, 0) is 36.8 Å². The molecule has 0 saturated heterocycles. The summed E-state index contributed by atoms with van der Waals surface area (Å²) in [6.45, 7) is 1.70. The van der Waals surface area contributed by atoms with Crippen LogP contribution in [0.15, 0.2) is 36.4 Å². The van der Waals surface area contributed by atoms with Gasteiger partial charge in [-0.2, -0.15) is 0 Å². The first-order valence-corrected chi connectivity index (χ1v) is 5.50. The molecule has 0 saturated carbocycles. The summed E-state index contributed by atoms with van der Waals surface area (Å²) in [5.74, 6) is -3.92. The molecule has 19 heavy (non-hydrogen) atoms. The maximum absolute atomic E-state index is 13.5. The topological polar surface area (TPSA) is 29.1 Å². The summed E-state index contributed by atoms with van der Waals surface area (Å²) < 4.78 is 39.9. The summed E-state index contributed by atoms with van der Waals surface area (Å²) in [6.07, 6.45) is 0. The zero-order valence-corrected chi connectivity index (χ0v) is 10.0. The maximum atomic E-state index is 13.5. The van der Waals surface area contributed by atoms with E-state index in [0.717, 1.165) is 12.1 Å². The van der Waals surface area contributed by atoms with E-state index in [0.29, 0.717) is 5.56 Å². The smallest absolute Gasteiger partial charge is 0.258 e. The zero-order valence-electron chi connectivity index (χ0n) is 10.0. The largest absolute Gasteiger partial charge is 0.319 e. The second-order valence-corrected chi connectivity index (χ2v) is 4.04. The number of anilines is 1. The Hall–Kier alpha value is -2.30. The number of rotatable bonds is 2. The minimum Gasteiger partial charge on any atom is -0.319 e. The molecule has 0 spiro atoms. The van der Waals surface area contributed by atoms with E-state index in [-0.39, 0.29) is 5.69 Å². The highest BCUT2D eigenvalue weighted by atomic mass is 19.2. The lowest BCUT2D eigenvalue weighted by molar-refractivity contribution is 0.102. The fourth-order valence-electron chi connectivity index (χ4n) is 1.59. The lowest BCUT2D eigenvalue weighted by Gasteiger charge is -2.08. The zero-order chi connectivity index (χ0) is 14.0. The number of benzene rings is 2. The summed E-state index contributed by atoms with van der Waals surface area (Å²) in [5.41, 5.74) is 0.131. The molecular weight excluding hydrogens is 255 g/mol. The van der Waals surface area contributed by atoms with E-state index >= 15 is 0 Å². The van der Waals surface area contributed by atoms with Crippen LogP contribution in [0.2, 0.25) is 0 Å². The lowest BCUT2D eigenvalue weighted by atomic mass is 10.1. The highest BCUT2D eigenvalue weighted by molar-refractivity contribution is 6.04. The number of hydrogen-bond donors (Lipinski definition) is 1. The molecule has 1 amide bonds. The molecule has 5 heteroatoms. The fourth-order valence-corrected chi connectivity index (χ4v) is 1.59. The second-order valence-electron chi connectivity index (χ2n) is 4.04. The van der Waals surface area contributed by atoms with E-state index < -0.39 is 28.9 Å². The van der Waals surface area contributed by atoms with Crippen LogP contribution in [0.4, 0.5) is 18.9 Å². The minimum atomic E-state index is -1.26. The normalized spacial score (nSPS) is 10.3. The van der Waals surface area contributed by atoms with Gasteiger partial charge in [0.05, 0.1) is 11.3 Å². The third-order valence-corrected chi connectivity index (χ3v) is 2.57. The monoisotopic (exact) mass is 265 g/mol. The Morgan fingerprint density at radius 2 is 1.79 bits per heavy atom. The van der Waals surface area contributed by atoms with Crippen LogP contribution in [0.1, 0.15) is 15.9 Å². The van der Waals surface area contributed by atoms with Crippen molar-refractivity contribution in [2.45, 2.75) is 6.92 Å². The van der Waals surface area contributed by atoms with Gasteiger partial charge in [-0.3, -0.25) is 4.79 Å². The van der Waals surface area contributed by atoms with Crippen molar-refractivity contribution in [3.05, 3.63) is 65.0 Å². The van der Waals surface area contributed by atoms with Crippen molar-refractivity contribution in [3.8, 4) is 0 Å². The van der Waals surface area contributed by atoms with Crippen LogP contribution in [0, 0.1) is 24.4 Å². The van der Waals surface area contributed by atoms with E-state index in [9.17, 15) is 18.0 Å². The minimum absolute atomic E-state index is 0.0840. The van der Waals surface area contributed by atoms with Crippen molar-refractivity contribution >= 4 is 11.6 Å². The summed E-state index contributed by atoms with van der Waals surface area (Å²) >= 11 is 0. The van der Waals surface area contributed by atoms with Gasteiger partial charge in [-0.25, -0.2) is 13.2 Å². The molecule has 0 aliphatic rings. The second kappa shape index (κ2) is 5.14. The summed E-state index contributed by atoms with van der Waals surface area (Å²) in [5, 5.41) is 2.20. The van der Waals surface area contributed by atoms with Gasteiger partial charge in [-0.15, -0.1) is 0 Å². The van der Waals surface area contributed by atoms with Gasteiger partial charge in [0.1, 0.15) is 5.82 Å². The van der Waals surface area contributed by atoms with Gasteiger partial charge < -0.3 is 5.32 Å². The molecule has 0 atom stereocenters. The summed E-state index contributed by atoms with van der Waals surface area (Å²) in [4.78, 5) is 11.7. The van der Waals surface area contributed by atoms with Crippen LogP contribution in [0.25, 0.3) is 0 Å². The molecule has 2 nitrogen and oxygen atoms in total. The molecule has 98 valence electrons. The van der Waals surface area contributed by atoms with Gasteiger partial charge in [0, 0.05) is 0 Å². The Kier molecular flexibility index (Phi) is 3.55. The Balaban J connectivity index is 2.28. The fraction of sp³-hybridized carbons (Fsp3) is 0.0714. The molecule has 2 rings (SSSR count). The molecule has 0 aliphatic carbocycles. The summed E-state index contributed by atoms with van der Waals surface area (Å²) in [7, 11) is 0. The molecule has 0 aliphatic heterocycles. The number of carbonyl (C=O) groups excluding carboxylic acids is 1. The Bertz CT molecular complexity index is 641. The van der Waals surface area contributed by atoms with Crippen molar-refractivity contribution < 1.29 is 18.0 Å². The SMILES string of the molecule is Cc1ccc(NC(=O)c2cccc(F)c2F)c(F)c1. The van der Waals surface area contributed by atoms with Crippen LogP contribution in [-0.2, 0) is 0 Å². The Labute approximate surface area is 107 Å². The maximum Gasteiger partial charge on any atom is 0.258 e. The molecule has 0 aromatic heterocycles. The molecule has 2 aromatic rings. The highest BCUT2D eigenvalue weighted by Gasteiger charge is 2.16. The average Bonchev–Trinajstić information content (AvgIpc) is 2.36. The standard InChI is InChI=1S/C14H10F3NO/c1-8-5-6-12(11(16)7-8)18-14(19)9-3-2-4-10(15)13(9)17/h2-7H,1H3,(H,18,19).